The molecule has 0 amide bonds. The lowest BCUT2D eigenvalue weighted by atomic mass is 9.95. The van der Waals surface area contributed by atoms with Crippen LogP contribution < -0.4 is 0 Å². The molecular formula is C14H18Cl3N. The largest absolute Gasteiger partial charge is 0.302 e. The van der Waals surface area contributed by atoms with Gasteiger partial charge in [0.05, 0.1) is 10.0 Å². The summed E-state index contributed by atoms with van der Waals surface area (Å²) in [5, 5.41) is 1.35. The SMILES string of the molecule is CCCN1C[C@H]2C[C@@]2(c2ccc(Cl)c(Cl)c2)C1.Cl. The van der Waals surface area contributed by atoms with Crippen molar-refractivity contribution >= 4 is 35.6 Å². The highest BCUT2D eigenvalue weighted by molar-refractivity contribution is 6.42. The smallest absolute Gasteiger partial charge is 0.0595 e. The number of benzene rings is 1. The van der Waals surface area contributed by atoms with Gasteiger partial charge in [0.25, 0.3) is 0 Å². The molecule has 3 rings (SSSR count). The Bertz CT molecular complexity index is 449. The Hall–Kier alpha value is 0.0500. The molecule has 2 aliphatic rings. The number of nitrogens with zero attached hydrogens (tertiary/aromatic N) is 1. The zero-order valence-electron chi connectivity index (χ0n) is 10.5. The van der Waals surface area contributed by atoms with Gasteiger partial charge in [-0.25, -0.2) is 0 Å². The summed E-state index contributed by atoms with van der Waals surface area (Å²) in [6.07, 6.45) is 2.56. The maximum atomic E-state index is 6.12. The van der Waals surface area contributed by atoms with E-state index in [1.165, 1.54) is 38.0 Å². The molecule has 1 heterocycles. The van der Waals surface area contributed by atoms with Crippen LogP contribution >= 0.6 is 35.6 Å². The molecule has 0 bridgehead atoms. The van der Waals surface area contributed by atoms with Gasteiger partial charge in [0.1, 0.15) is 0 Å². The topological polar surface area (TPSA) is 3.24 Å². The van der Waals surface area contributed by atoms with Crippen molar-refractivity contribution in [1.82, 2.24) is 4.90 Å². The summed E-state index contributed by atoms with van der Waals surface area (Å²) in [6.45, 7) is 5.92. The maximum absolute atomic E-state index is 6.12. The van der Waals surface area contributed by atoms with Crippen LogP contribution in [0.15, 0.2) is 18.2 Å². The molecule has 1 aromatic carbocycles. The van der Waals surface area contributed by atoms with Crippen LogP contribution in [0.2, 0.25) is 10.0 Å². The van der Waals surface area contributed by atoms with E-state index in [0.717, 1.165) is 5.92 Å². The number of fused-ring (bicyclic) bond motifs is 1. The summed E-state index contributed by atoms with van der Waals surface area (Å²) in [7, 11) is 0. The molecule has 4 heteroatoms. The summed E-state index contributed by atoms with van der Waals surface area (Å²) in [4.78, 5) is 2.58. The third-order valence-corrected chi connectivity index (χ3v) is 4.99. The van der Waals surface area contributed by atoms with Crippen molar-refractivity contribution < 1.29 is 0 Å². The van der Waals surface area contributed by atoms with Crippen LogP contribution in [0.4, 0.5) is 0 Å². The van der Waals surface area contributed by atoms with E-state index >= 15 is 0 Å². The monoisotopic (exact) mass is 305 g/mol. The van der Waals surface area contributed by atoms with Crippen LogP contribution in [0.1, 0.15) is 25.3 Å². The van der Waals surface area contributed by atoms with E-state index in [1.54, 1.807) is 0 Å². The molecule has 0 spiro atoms. The summed E-state index contributed by atoms with van der Waals surface area (Å²) >= 11 is 12.1. The summed E-state index contributed by atoms with van der Waals surface area (Å²) in [6, 6.07) is 6.16. The van der Waals surface area contributed by atoms with Gasteiger partial charge in [0.15, 0.2) is 0 Å². The first kappa shape index (κ1) is 14.5. The Balaban J connectivity index is 0.00000120. The van der Waals surface area contributed by atoms with Crippen LogP contribution in [0.25, 0.3) is 0 Å². The Morgan fingerprint density at radius 2 is 2.11 bits per heavy atom. The fourth-order valence-electron chi connectivity index (χ4n) is 3.33. The standard InChI is InChI=1S/C14H17Cl2N.ClH/c1-2-5-17-8-11-7-14(11,9-17)10-3-4-12(15)13(16)6-10;/h3-4,6,11H,2,5,7-9H2,1H3;1H/t11-,14+;/m1./s1. The van der Waals surface area contributed by atoms with Crippen molar-refractivity contribution in [3.05, 3.63) is 33.8 Å². The van der Waals surface area contributed by atoms with Crippen molar-refractivity contribution in [3.63, 3.8) is 0 Å². The van der Waals surface area contributed by atoms with E-state index in [0.29, 0.717) is 15.5 Å². The Labute approximate surface area is 125 Å². The molecule has 1 saturated heterocycles. The molecule has 2 fully saturated rings. The van der Waals surface area contributed by atoms with Gasteiger partial charge in [0, 0.05) is 18.5 Å². The third kappa shape index (κ3) is 2.27. The second-order valence-electron chi connectivity index (χ2n) is 5.42. The number of hydrogen-bond acceptors (Lipinski definition) is 1. The van der Waals surface area contributed by atoms with Gasteiger partial charge in [-0.2, -0.15) is 0 Å². The van der Waals surface area contributed by atoms with E-state index in [9.17, 15) is 0 Å². The van der Waals surface area contributed by atoms with Crippen LogP contribution in [-0.4, -0.2) is 24.5 Å². The average Bonchev–Trinajstić information content (AvgIpc) is 2.87. The summed E-state index contributed by atoms with van der Waals surface area (Å²) in [5.74, 6) is 0.839. The van der Waals surface area contributed by atoms with E-state index in [4.69, 9.17) is 23.2 Å². The van der Waals surface area contributed by atoms with Crippen molar-refractivity contribution in [2.75, 3.05) is 19.6 Å². The number of halogens is 3. The lowest BCUT2D eigenvalue weighted by Crippen LogP contribution is -2.27. The van der Waals surface area contributed by atoms with Gasteiger partial charge < -0.3 is 4.90 Å². The fourth-order valence-corrected chi connectivity index (χ4v) is 3.62. The molecule has 100 valence electrons. The van der Waals surface area contributed by atoms with E-state index < -0.39 is 0 Å². The molecule has 0 radical (unpaired) electrons. The minimum Gasteiger partial charge on any atom is -0.302 e. The lowest BCUT2D eigenvalue weighted by Gasteiger charge is -2.20. The molecule has 1 nitrogen and oxygen atoms in total. The summed E-state index contributed by atoms with van der Waals surface area (Å²) < 4.78 is 0. The predicted molar refractivity (Wildman–Crippen MR) is 80.2 cm³/mol. The predicted octanol–water partition coefficient (Wildman–Crippen LogP) is 4.40. The first-order chi connectivity index (χ1) is 8.15. The first-order valence-corrected chi connectivity index (χ1v) is 7.09. The number of rotatable bonds is 3. The third-order valence-electron chi connectivity index (χ3n) is 4.25. The van der Waals surface area contributed by atoms with Gasteiger partial charge in [0.2, 0.25) is 0 Å². The second kappa shape index (κ2) is 5.20. The quantitative estimate of drug-likeness (QED) is 0.800. The van der Waals surface area contributed by atoms with Crippen molar-refractivity contribution in [3.8, 4) is 0 Å². The van der Waals surface area contributed by atoms with Crippen LogP contribution in [0.5, 0.6) is 0 Å². The molecule has 1 aliphatic carbocycles. The molecular weight excluding hydrogens is 289 g/mol. The van der Waals surface area contributed by atoms with Crippen molar-refractivity contribution in [2.24, 2.45) is 5.92 Å². The van der Waals surface area contributed by atoms with E-state index in [2.05, 4.69) is 24.0 Å². The highest BCUT2D eigenvalue weighted by Crippen LogP contribution is 2.59. The van der Waals surface area contributed by atoms with Gasteiger partial charge in [-0.05, 0) is 43.0 Å². The Kier molecular flexibility index (Phi) is 4.18. The maximum Gasteiger partial charge on any atom is 0.0595 e. The minimum atomic E-state index is 0. The highest BCUT2D eigenvalue weighted by Gasteiger charge is 2.60. The molecule has 0 N–H and O–H groups in total. The van der Waals surface area contributed by atoms with Crippen LogP contribution in [0.3, 0.4) is 0 Å². The van der Waals surface area contributed by atoms with Crippen LogP contribution in [-0.2, 0) is 5.41 Å². The van der Waals surface area contributed by atoms with Gasteiger partial charge in [-0.15, -0.1) is 12.4 Å². The van der Waals surface area contributed by atoms with Crippen molar-refractivity contribution in [1.29, 1.82) is 0 Å². The summed E-state index contributed by atoms with van der Waals surface area (Å²) in [5.41, 5.74) is 1.78. The van der Waals surface area contributed by atoms with Gasteiger partial charge >= 0.3 is 0 Å². The minimum absolute atomic E-state index is 0. The van der Waals surface area contributed by atoms with Gasteiger partial charge in [-0.3, -0.25) is 0 Å². The number of piperidine rings is 1. The molecule has 1 aliphatic heterocycles. The molecule has 2 atom stereocenters. The van der Waals surface area contributed by atoms with Crippen molar-refractivity contribution in [2.45, 2.75) is 25.2 Å². The molecule has 0 unspecified atom stereocenters. The lowest BCUT2D eigenvalue weighted by molar-refractivity contribution is 0.299. The Morgan fingerprint density at radius 3 is 2.78 bits per heavy atom. The molecule has 1 saturated carbocycles. The number of likely N-dealkylation sites (tertiary alicyclic amines) is 1. The highest BCUT2D eigenvalue weighted by atomic mass is 35.5. The number of hydrogen-bond donors (Lipinski definition) is 0. The normalized spacial score (nSPS) is 29.8. The van der Waals surface area contributed by atoms with Crippen LogP contribution in [0, 0.1) is 5.92 Å². The zero-order valence-corrected chi connectivity index (χ0v) is 12.8. The average molecular weight is 307 g/mol. The first-order valence-electron chi connectivity index (χ1n) is 6.33. The van der Waals surface area contributed by atoms with E-state index in [-0.39, 0.29) is 12.4 Å². The molecule has 0 aromatic heterocycles. The molecule has 18 heavy (non-hydrogen) atoms. The fraction of sp³-hybridized carbons (Fsp3) is 0.571. The van der Waals surface area contributed by atoms with Gasteiger partial charge in [-0.1, -0.05) is 36.2 Å². The zero-order chi connectivity index (χ0) is 12.0. The van der Waals surface area contributed by atoms with E-state index in [1.807, 2.05) is 6.07 Å². The molecule has 1 aromatic rings. The Morgan fingerprint density at radius 1 is 1.33 bits per heavy atom. The second-order valence-corrected chi connectivity index (χ2v) is 6.24.